The molecule has 21 heavy (non-hydrogen) atoms. The summed E-state index contributed by atoms with van der Waals surface area (Å²) in [5.74, 6) is 0.720. The first-order valence-electron chi connectivity index (χ1n) is 8.20. The van der Waals surface area contributed by atoms with Gasteiger partial charge >= 0.3 is 0 Å². The first-order chi connectivity index (χ1) is 9.91. The molecule has 0 aromatic heterocycles. The largest absolute Gasteiger partial charge is 0.381 e. The molecule has 1 rings (SSSR count). The van der Waals surface area contributed by atoms with Gasteiger partial charge in [0.25, 0.3) is 0 Å². The van der Waals surface area contributed by atoms with Gasteiger partial charge < -0.3 is 10.5 Å². The monoisotopic (exact) mass is 320 g/mol. The molecule has 126 valence electrons. The van der Waals surface area contributed by atoms with Gasteiger partial charge in [0.1, 0.15) is 0 Å². The number of nitrogens with zero attached hydrogens (tertiary/aromatic N) is 1. The van der Waals surface area contributed by atoms with Crippen LogP contribution in [0.25, 0.3) is 0 Å². The quantitative estimate of drug-likeness (QED) is 0.659. The van der Waals surface area contributed by atoms with Crippen molar-refractivity contribution in [2.45, 2.75) is 58.4 Å². The van der Waals surface area contributed by atoms with E-state index in [1.165, 1.54) is 0 Å². The van der Waals surface area contributed by atoms with Crippen LogP contribution in [0, 0.1) is 5.92 Å². The van der Waals surface area contributed by atoms with Gasteiger partial charge in [0.2, 0.25) is 10.0 Å². The lowest BCUT2D eigenvalue weighted by Gasteiger charge is -2.46. The molecule has 0 amide bonds. The number of sulfonamides is 1. The van der Waals surface area contributed by atoms with Crippen LogP contribution in [-0.2, 0) is 14.8 Å². The average molecular weight is 320 g/mol. The SMILES string of the molecule is CCCN(C1(CN)CCC(C)CC1)S(=O)(=O)CCOCC. The van der Waals surface area contributed by atoms with Crippen LogP contribution in [0.2, 0.25) is 0 Å². The number of hydrogen-bond acceptors (Lipinski definition) is 4. The first kappa shape index (κ1) is 18.9. The van der Waals surface area contributed by atoms with Crippen LogP contribution in [0.5, 0.6) is 0 Å². The van der Waals surface area contributed by atoms with E-state index in [0.29, 0.717) is 25.6 Å². The second-order valence-corrected chi connectivity index (χ2v) is 8.21. The zero-order valence-corrected chi connectivity index (χ0v) is 14.6. The Morgan fingerprint density at radius 1 is 1.29 bits per heavy atom. The molecule has 1 saturated carbocycles. The summed E-state index contributed by atoms with van der Waals surface area (Å²) in [6.07, 6.45) is 4.67. The lowest BCUT2D eigenvalue weighted by molar-refractivity contribution is 0.113. The molecule has 0 heterocycles. The fraction of sp³-hybridized carbons (Fsp3) is 1.00. The summed E-state index contributed by atoms with van der Waals surface area (Å²) in [5, 5.41) is 0. The molecule has 1 aliphatic carbocycles. The van der Waals surface area contributed by atoms with Gasteiger partial charge in [-0.15, -0.1) is 0 Å². The Morgan fingerprint density at radius 3 is 2.38 bits per heavy atom. The third-order valence-electron chi connectivity index (χ3n) is 4.57. The van der Waals surface area contributed by atoms with Crippen molar-refractivity contribution in [1.82, 2.24) is 4.31 Å². The summed E-state index contributed by atoms with van der Waals surface area (Å²) in [4.78, 5) is 0. The minimum Gasteiger partial charge on any atom is -0.381 e. The van der Waals surface area contributed by atoms with Crippen molar-refractivity contribution in [3.8, 4) is 0 Å². The molecule has 0 aromatic carbocycles. The van der Waals surface area contributed by atoms with E-state index in [1.54, 1.807) is 4.31 Å². The number of nitrogens with two attached hydrogens (primary N) is 1. The molecule has 6 heteroatoms. The van der Waals surface area contributed by atoms with Gasteiger partial charge in [0, 0.05) is 25.2 Å². The Morgan fingerprint density at radius 2 is 1.90 bits per heavy atom. The van der Waals surface area contributed by atoms with Crippen LogP contribution in [0.4, 0.5) is 0 Å². The fourth-order valence-corrected chi connectivity index (χ4v) is 5.00. The summed E-state index contributed by atoms with van der Waals surface area (Å²) < 4.78 is 32.4. The van der Waals surface area contributed by atoms with Crippen molar-refractivity contribution in [3.05, 3.63) is 0 Å². The van der Waals surface area contributed by atoms with Crippen molar-refractivity contribution in [2.24, 2.45) is 11.7 Å². The number of ether oxygens (including phenoxy) is 1. The zero-order chi connectivity index (χ0) is 15.9. The summed E-state index contributed by atoms with van der Waals surface area (Å²) in [6.45, 7) is 7.89. The molecular weight excluding hydrogens is 288 g/mol. The van der Waals surface area contributed by atoms with Crippen molar-refractivity contribution < 1.29 is 13.2 Å². The molecule has 0 saturated heterocycles. The lowest BCUT2D eigenvalue weighted by Crippen LogP contribution is -2.58. The van der Waals surface area contributed by atoms with Gasteiger partial charge in [0.05, 0.1) is 12.4 Å². The summed E-state index contributed by atoms with van der Waals surface area (Å²) >= 11 is 0. The van der Waals surface area contributed by atoms with Gasteiger partial charge in [-0.25, -0.2) is 8.42 Å². The van der Waals surface area contributed by atoms with Crippen molar-refractivity contribution in [2.75, 3.05) is 32.1 Å². The smallest absolute Gasteiger partial charge is 0.216 e. The Labute approximate surface area is 130 Å². The third kappa shape index (κ3) is 4.91. The highest BCUT2D eigenvalue weighted by atomic mass is 32.2. The maximum Gasteiger partial charge on any atom is 0.216 e. The highest BCUT2D eigenvalue weighted by Gasteiger charge is 2.43. The van der Waals surface area contributed by atoms with Crippen molar-refractivity contribution in [1.29, 1.82) is 0 Å². The van der Waals surface area contributed by atoms with Crippen LogP contribution in [0.1, 0.15) is 52.9 Å². The number of rotatable bonds is 9. The average Bonchev–Trinajstić information content (AvgIpc) is 2.46. The molecule has 5 nitrogen and oxygen atoms in total. The molecule has 0 unspecified atom stereocenters. The molecular formula is C15H32N2O3S. The van der Waals surface area contributed by atoms with Gasteiger partial charge in [0.15, 0.2) is 0 Å². The Balaban J connectivity index is 2.92. The van der Waals surface area contributed by atoms with Crippen LogP contribution in [0.15, 0.2) is 0 Å². The third-order valence-corrected chi connectivity index (χ3v) is 6.49. The van der Waals surface area contributed by atoms with Gasteiger partial charge in [-0.05, 0) is 44.9 Å². The summed E-state index contributed by atoms with van der Waals surface area (Å²) in [7, 11) is -3.32. The minimum absolute atomic E-state index is 0.0537. The van der Waals surface area contributed by atoms with Gasteiger partial charge in [-0.1, -0.05) is 13.8 Å². The normalized spacial score (nSPS) is 27.2. The molecule has 0 aliphatic heterocycles. The maximum absolute atomic E-state index is 12.7. The van der Waals surface area contributed by atoms with Crippen LogP contribution >= 0.6 is 0 Å². The fourth-order valence-electron chi connectivity index (χ4n) is 3.15. The molecule has 0 spiro atoms. The predicted octanol–water partition coefficient (Wildman–Crippen LogP) is 1.97. The minimum atomic E-state index is -3.32. The number of hydrogen-bond donors (Lipinski definition) is 1. The van der Waals surface area contributed by atoms with E-state index in [1.807, 2.05) is 13.8 Å². The Hall–Kier alpha value is -0.170. The zero-order valence-electron chi connectivity index (χ0n) is 13.8. The molecule has 0 radical (unpaired) electrons. The first-order valence-corrected chi connectivity index (χ1v) is 9.81. The summed E-state index contributed by atoms with van der Waals surface area (Å²) in [5.41, 5.74) is 5.65. The second kappa shape index (κ2) is 8.46. The molecule has 2 N–H and O–H groups in total. The summed E-state index contributed by atoms with van der Waals surface area (Å²) in [6, 6.07) is 0. The highest BCUT2D eigenvalue weighted by molar-refractivity contribution is 7.89. The predicted molar refractivity (Wildman–Crippen MR) is 86.7 cm³/mol. The van der Waals surface area contributed by atoms with Crippen LogP contribution in [-0.4, -0.2) is 50.3 Å². The maximum atomic E-state index is 12.7. The van der Waals surface area contributed by atoms with Crippen LogP contribution < -0.4 is 5.73 Å². The highest BCUT2D eigenvalue weighted by Crippen LogP contribution is 2.37. The molecule has 1 aliphatic rings. The molecule has 0 aromatic rings. The standard InChI is InChI=1S/C15H32N2O3S/c1-4-10-17(21(18,19)12-11-20-5-2)15(13-16)8-6-14(3)7-9-15/h14H,4-13,16H2,1-3H3. The molecule has 1 fully saturated rings. The Bertz CT molecular complexity index is 390. The second-order valence-electron chi connectivity index (χ2n) is 6.20. The van der Waals surface area contributed by atoms with Gasteiger partial charge in [-0.3, -0.25) is 0 Å². The lowest BCUT2D eigenvalue weighted by atomic mass is 9.77. The van der Waals surface area contributed by atoms with E-state index in [-0.39, 0.29) is 17.9 Å². The van der Waals surface area contributed by atoms with Crippen LogP contribution in [0.3, 0.4) is 0 Å². The van der Waals surface area contributed by atoms with E-state index in [2.05, 4.69) is 6.92 Å². The van der Waals surface area contributed by atoms with E-state index in [9.17, 15) is 8.42 Å². The van der Waals surface area contributed by atoms with E-state index < -0.39 is 10.0 Å². The topological polar surface area (TPSA) is 72.6 Å². The van der Waals surface area contributed by atoms with E-state index >= 15 is 0 Å². The molecule has 0 atom stereocenters. The Kier molecular flexibility index (Phi) is 7.60. The van der Waals surface area contributed by atoms with E-state index in [4.69, 9.17) is 10.5 Å². The van der Waals surface area contributed by atoms with Crippen molar-refractivity contribution in [3.63, 3.8) is 0 Å². The van der Waals surface area contributed by atoms with Gasteiger partial charge in [-0.2, -0.15) is 4.31 Å². The van der Waals surface area contributed by atoms with Crippen molar-refractivity contribution >= 4 is 10.0 Å². The molecule has 0 bridgehead atoms. The van der Waals surface area contributed by atoms with E-state index in [0.717, 1.165) is 32.1 Å².